The second-order valence-corrected chi connectivity index (χ2v) is 5.74. The van der Waals surface area contributed by atoms with Crippen LogP contribution >= 0.6 is 11.6 Å². The number of carboxylic acid groups (broad SMARTS) is 2. The maximum Gasteiger partial charge on any atom is 0.303 e. The van der Waals surface area contributed by atoms with Crippen molar-refractivity contribution in [3.63, 3.8) is 0 Å². The predicted octanol–water partition coefficient (Wildman–Crippen LogP) is 6.11. The standard InChI is InChI=1S/C12H25Cl.2C3H6O2/c1-2-3-4-5-6-7-8-9-10-11-12-13;2*1-2-3(4)5/h2-12H2,1H3;2*2H2,1H3,(H,4,5). The molecule has 0 aliphatic heterocycles. The summed E-state index contributed by atoms with van der Waals surface area (Å²) in [4.78, 5) is 18.7. The van der Waals surface area contributed by atoms with Gasteiger partial charge in [0.1, 0.15) is 0 Å². The predicted molar refractivity (Wildman–Crippen MR) is 98.4 cm³/mol. The van der Waals surface area contributed by atoms with Crippen LogP contribution in [0, 0.1) is 0 Å². The maximum atomic E-state index is 9.37. The molecular weight excluding hydrogens is 316 g/mol. The Labute approximate surface area is 147 Å². The monoisotopic (exact) mass is 352 g/mol. The molecule has 0 aromatic heterocycles. The molecule has 0 heterocycles. The van der Waals surface area contributed by atoms with Crippen molar-refractivity contribution in [1.29, 1.82) is 0 Å². The van der Waals surface area contributed by atoms with Gasteiger partial charge in [-0.2, -0.15) is 0 Å². The number of aliphatic carboxylic acids is 2. The van der Waals surface area contributed by atoms with Crippen LogP contribution < -0.4 is 0 Å². The van der Waals surface area contributed by atoms with Gasteiger partial charge in [0.25, 0.3) is 0 Å². The largest absolute Gasteiger partial charge is 0.481 e. The molecule has 0 aromatic carbocycles. The van der Waals surface area contributed by atoms with Gasteiger partial charge in [0.05, 0.1) is 0 Å². The van der Waals surface area contributed by atoms with Gasteiger partial charge in [-0.3, -0.25) is 9.59 Å². The topological polar surface area (TPSA) is 74.6 Å². The first-order valence-electron chi connectivity index (χ1n) is 8.95. The van der Waals surface area contributed by atoms with Crippen molar-refractivity contribution in [3.05, 3.63) is 0 Å². The normalized spacial score (nSPS) is 9.22. The van der Waals surface area contributed by atoms with E-state index in [1.165, 1.54) is 64.2 Å². The summed E-state index contributed by atoms with van der Waals surface area (Å²) >= 11 is 5.60. The average Bonchev–Trinajstić information content (AvgIpc) is 2.54. The molecule has 0 amide bonds. The van der Waals surface area contributed by atoms with Gasteiger partial charge in [-0.1, -0.05) is 78.6 Å². The minimum Gasteiger partial charge on any atom is -0.481 e. The summed E-state index contributed by atoms with van der Waals surface area (Å²) in [5.74, 6) is -0.647. The smallest absolute Gasteiger partial charge is 0.303 e. The van der Waals surface area contributed by atoms with Gasteiger partial charge in [-0.15, -0.1) is 11.6 Å². The fraction of sp³-hybridized carbons (Fsp3) is 0.889. The van der Waals surface area contributed by atoms with Crippen LogP contribution in [0.1, 0.15) is 97.8 Å². The van der Waals surface area contributed by atoms with Gasteiger partial charge in [0, 0.05) is 18.7 Å². The zero-order valence-electron chi connectivity index (χ0n) is 15.3. The van der Waals surface area contributed by atoms with Crippen LogP contribution in [-0.2, 0) is 9.59 Å². The molecule has 4 nitrogen and oxygen atoms in total. The van der Waals surface area contributed by atoms with Gasteiger partial charge in [0.2, 0.25) is 0 Å². The molecule has 0 radical (unpaired) electrons. The van der Waals surface area contributed by atoms with Crippen molar-refractivity contribution >= 4 is 23.5 Å². The third-order valence-corrected chi connectivity index (χ3v) is 3.36. The lowest BCUT2D eigenvalue weighted by molar-refractivity contribution is -0.137. The quantitative estimate of drug-likeness (QED) is 0.328. The van der Waals surface area contributed by atoms with Crippen molar-refractivity contribution in [2.24, 2.45) is 0 Å². The van der Waals surface area contributed by atoms with Crippen LogP contribution in [0.15, 0.2) is 0 Å². The Morgan fingerprint density at radius 1 is 0.652 bits per heavy atom. The Balaban J connectivity index is -0.000000329. The summed E-state index contributed by atoms with van der Waals surface area (Å²) in [6.45, 7) is 5.47. The molecule has 23 heavy (non-hydrogen) atoms. The van der Waals surface area contributed by atoms with E-state index in [1.54, 1.807) is 13.8 Å². The Bertz CT molecular complexity index is 221. The van der Waals surface area contributed by atoms with Crippen LogP contribution in [-0.4, -0.2) is 28.0 Å². The molecule has 0 atom stereocenters. The lowest BCUT2D eigenvalue weighted by Gasteiger charge is -2.00. The number of hydrogen-bond acceptors (Lipinski definition) is 2. The molecule has 0 aliphatic rings. The van der Waals surface area contributed by atoms with E-state index in [4.69, 9.17) is 21.8 Å². The molecule has 0 unspecified atom stereocenters. The van der Waals surface area contributed by atoms with Gasteiger partial charge >= 0.3 is 11.9 Å². The molecule has 5 heteroatoms. The van der Waals surface area contributed by atoms with Crippen LogP contribution in [0.4, 0.5) is 0 Å². The Morgan fingerprint density at radius 2 is 0.913 bits per heavy atom. The highest BCUT2D eigenvalue weighted by Crippen LogP contribution is 2.10. The molecule has 0 saturated heterocycles. The highest BCUT2D eigenvalue weighted by Gasteiger charge is 1.91. The summed E-state index contributed by atoms with van der Waals surface area (Å²) in [6.07, 6.45) is 14.3. The van der Waals surface area contributed by atoms with E-state index in [-0.39, 0.29) is 12.8 Å². The van der Waals surface area contributed by atoms with E-state index in [1.807, 2.05) is 0 Å². The second-order valence-electron chi connectivity index (χ2n) is 5.37. The van der Waals surface area contributed by atoms with Crippen LogP contribution in [0.2, 0.25) is 0 Å². The summed E-state index contributed by atoms with van der Waals surface area (Å²) < 4.78 is 0. The number of hydrogen-bond donors (Lipinski definition) is 2. The van der Waals surface area contributed by atoms with Gasteiger partial charge in [-0.25, -0.2) is 0 Å². The summed E-state index contributed by atoms with van der Waals surface area (Å²) in [5.41, 5.74) is 0. The number of carbonyl (C=O) groups is 2. The van der Waals surface area contributed by atoms with Crippen molar-refractivity contribution in [3.8, 4) is 0 Å². The number of carboxylic acids is 2. The van der Waals surface area contributed by atoms with E-state index in [0.29, 0.717) is 0 Å². The molecule has 0 aliphatic carbocycles. The Kier molecular flexibility index (Phi) is 30.8. The molecule has 0 rings (SSSR count). The maximum absolute atomic E-state index is 9.37. The lowest BCUT2D eigenvalue weighted by Crippen LogP contribution is -1.86. The SMILES string of the molecule is CCC(=O)O.CCC(=O)O.CCCCCCCCCCCCCl. The molecule has 0 fully saturated rings. The van der Waals surface area contributed by atoms with Gasteiger partial charge in [0.15, 0.2) is 0 Å². The third-order valence-electron chi connectivity index (χ3n) is 3.09. The van der Waals surface area contributed by atoms with E-state index >= 15 is 0 Å². The second kappa shape index (κ2) is 26.1. The van der Waals surface area contributed by atoms with Crippen molar-refractivity contribution in [2.75, 3.05) is 5.88 Å². The first kappa shape index (κ1) is 27.1. The van der Waals surface area contributed by atoms with Crippen LogP contribution in [0.3, 0.4) is 0 Å². The fourth-order valence-electron chi connectivity index (χ4n) is 1.58. The molecule has 0 spiro atoms. The highest BCUT2D eigenvalue weighted by molar-refractivity contribution is 6.17. The summed E-state index contributed by atoms with van der Waals surface area (Å²) in [6, 6.07) is 0. The number of halogens is 1. The highest BCUT2D eigenvalue weighted by atomic mass is 35.5. The van der Waals surface area contributed by atoms with Crippen molar-refractivity contribution < 1.29 is 19.8 Å². The third kappa shape index (κ3) is 44.9. The van der Waals surface area contributed by atoms with Gasteiger partial charge < -0.3 is 10.2 Å². The zero-order valence-corrected chi connectivity index (χ0v) is 16.0. The van der Waals surface area contributed by atoms with E-state index in [9.17, 15) is 9.59 Å². The van der Waals surface area contributed by atoms with Crippen LogP contribution in [0.25, 0.3) is 0 Å². The number of unbranched alkanes of at least 4 members (excludes halogenated alkanes) is 9. The zero-order chi connectivity index (χ0) is 18.3. The number of rotatable bonds is 12. The first-order valence-corrected chi connectivity index (χ1v) is 9.49. The Hall–Kier alpha value is -0.770. The fourth-order valence-corrected chi connectivity index (χ4v) is 1.77. The molecule has 0 bridgehead atoms. The number of alkyl halides is 1. The van der Waals surface area contributed by atoms with E-state index in [2.05, 4.69) is 6.92 Å². The molecule has 0 saturated carbocycles. The molecule has 2 N–H and O–H groups in total. The average molecular weight is 353 g/mol. The minimum absolute atomic E-state index is 0.222. The van der Waals surface area contributed by atoms with Crippen LogP contribution in [0.5, 0.6) is 0 Å². The van der Waals surface area contributed by atoms with Crippen molar-refractivity contribution in [2.45, 2.75) is 97.8 Å². The molecular formula is C18H37ClO4. The molecule has 140 valence electrons. The van der Waals surface area contributed by atoms with Gasteiger partial charge in [-0.05, 0) is 6.42 Å². The lowest BCUT2D eigenvalue weighted by atomic mass is 10.1. The summed E-state index contributed by atoms with van der Waals surface area (Å²) in [7, 11) is 0. The summed E-state index contributed by atoms with van der Waals surface area (Å²) in [5, 5.41) is 15.4. The minimum atomic E-state index is -0.745. The van der Waals surface area contributed by atoms with Crippen molar-refractivity contribution in [1.82, 2.24) is 0 Å². The molecule has 0 aromatic rings. The van der Waals surface area contributed by atoms with E-state index < -0.39 is 11.9 Å². The Morgan fingerprint density at radius 3 is 1.13 bits per heavy atom. The first-order chi connectivity index (χ1) is 11.0. The van der Waals surface area contributed by atoms with E-state index in [0.717, 1.165) is 5.88 Å².